The van der Waals surface area contributed by atoms with Crippen LogP contribution < -0.4 is 0 Å². The lowest BCUT2D eigenvalue weighted by Crippen LogP contribution is -2.41. The van der Waals surface area contributed by atoms with Crippen molar-refractivity contribution < 1.29 is 9.32 Å². The highest BCUT2D eigenvalue weighted by molar-refractivity contribution is 5.91. The fourth-order valence-corrected chi connectivity index (χ4v) is 2.72. The number of hydrogen-bond acceptors (Lipinski definition) is 5. The summed E-state index contributed by atoms with van der Waals surface area (Å²) in [6.45, 7) is 9.27. The summed E-state index contributed by atoms with van der Waals surface area (Å²) in [5.74, 6) is 2.24. The Kier molecular flexibility index (Phi) is 3.27. The van der Waals surface area contributed by atoms with Crippen LogP contribution in [-0.2, 0) is 6.54 Å². The van der Waals surface area contributed by atoms with E-state index in [1.54, 1.807) is 17.9 Å². The van der Waals surface area contributed by atoms with E-state index in [1.165, 1.54) is 0 Å². The van der Waals surface area contributed by atoms with Gasteiger partial charge in [-0.25, -0.2) is 0 Å². The lowest BCUT2D eigenvalue weighted by molar-refractivity contribution is 0.0593. The van der Waals surface area contributed by atoms with Gasteiger partial charge < -0.3 is 14.0 Å². The van der Waals surface area contributed by atoms with Crippen molar-refractivity contribution in [2.75, 3.05) is 6.54 Å². The molecule has 1 aliphatic heterocycles. The summed E-state index contributed by atoms with van der Waals surface area (Å²) in [6.07, 6.45) is 0. The summed E-state index contributed by atoms with van der Waals surface area (Å²) in [4.78, 5) is 14.3. The van der Waals surface area contributed by atoms with E-state index in [2.05, 4.69) is 33.8 Å². The Morgan fingerprint density at radius 1 is 1.38 bits per heavy atom. The van der Waals surface area contributed by atoms with Crippen molar-refractivity contribution in [1.82, 2.24) is 24.8 Å². The second-order valence-electron chi connectivity index (χ2n) is 5.73. The minimum Gasteiger partial charge on any atom is -0.351 e. The number of carbonyl (C=O) groups is 1. The molecule has 0 saturated heterocycles. The minimum atomic E-state index is -0.150. The molecule has 112 valence electrons. The number of rotatable bonds is 2. The molecule has 0 bridgehead atoms. The molecule has 21 heavy (non-hydrogen) atoms. The molecular weight excluding hydrogens is 270 g/mol. The molecule has 0 unspecified atom stereocenters. The molecule has 0 radical (unpaired) electrons. The maximum absolute atomic E-state index is 12.5. The van der Waals surface area contributed by atoms with Crippen molar-refractivity contribution in [3.05, 3.63) is 29.2 Å². The van der Waals surface area contributed by atoms with E-state index >= 15 is 0 Å². The van der Waals surface area contributed by atoms with Gasteiger partial charge in [0.25, 0.3) is 5.91 Å². The van der Waals surface area contributed by atoms with Crippen LogP contribution in [0.2, 0.25) is 0 Å². The van der Waals surface area contributed by atoms with Crippen LogP contribution in [0.3, 0.4) is 0 Å². The van der Waals surface area contributed by atoms with E-state index in [9.17, 15) is 4.79 Å². The zero-order valence-corrected chi connectivity index (χ0v) is 12.7. The van der Waals surface area contributed by atoms with Gasteiger partial charge in [-0.05, 0) is 13.8 Å². The van der Waals surface area contributed by atoms with Crippen LogP contribution in [0.15, 0.2) is 10.6 Å². The second kappa shape index (κ2) is 4.98. The van der Waals surface area contributed by atoms with Crippen molar-refractivity contribution in [2.24, 2.45) is 0 Å². The van der Waals surface area contributed by atoms with Gasteiger partial charge in [0.1, 0.15) is 5.82 Å². The number of nitrogens with zero attached hydrogens (tertiary/aromatic N) is 5. The number of aryl methyl sites for hydroxylation is 1. The molecule has 3 rings (SSSR count). The predicted molar refractivity (Wildman–Crippen MR) is 74.8 cm³/mol. The van der Waals surface area contributed by atoms with E-state index < -0.39 is 0 Å². The van der Waals surface area contributed by atoms with Crippen LogP contribution in [0, 0.1) is 6.92 Å². The molecule has 0 aliphatic carbocycles. The number of amides is 1. The topological polar surface area (TPSA) is 77.0 Å². The monoisotopic (exact) mass is 289 g/mol. The summed E-state index contributed by atoms with van der Waals surface area (Å²) >= 11 is 0. The molecule has 0 saturated carbocycles. The van der Waals surface area contributed by atoms with Crippen molar-refractivity contribution in [3.63, 3.8) is 0 Å². The van der Waals surface area contributed by atoms with Crippen LogP contribution in [0.4, 0.5) is 0 Å². The molecule has 0 N–H and O–H groups in total. The molecule has 3 heterocycles. The summed E-state index contributed by atoms with van der Waals surface area (Å²) in [5.41, 5.74) is 0.702. The summed E-state index contributed by atoms with van der Waals surface area (Å²) in [7, 11) is 0. The van der Waals surface area contributed by atoms with Gasteiger partial charge >= 0.3 is 0 Å². The van der Waals surface area contributed by atoms with Gasteiger partial charge in [-0.3, -0.25) is 4.79 Å². The van der Waals surface area contributed by atoms with Gasteiger partial charge in [-0.15, -0.1) is 10.2 Å². The van der Waals surface area contributed by atoms with Crippen molar-refractivity contribution in [2.45, 2.75) is 46.2 Å². The summed E-state index contributed by atoms with van der Waals surface area (Å²) in [6, 6.07) is 1.53. The highest BCUT2D eigenvalue weighted by atomic mass is 16.5. The van der Waals surface area contributed by atoms with Gasteiger partial charge in [0, 0.05) is 25.1 Å². The molecule has 7 heteroatoms. The third-order valence-electron chi connectivity index (χ3n) is 3.83. The molecule has 2 aromatic heterocycles. The molecule has 1 atom stereocenters. The lowest BCUT2D eigenvalue weighted by atomic mass is 10.1. The predicted octanol–water partition coefficient (Wildman–Crippen LogP) is 1.91. The minimum absolute atomic E-state index is 0.128. The zero-order valence-electron chi connectivity index (χ0n) is 12.7. The van der Waals surface area contributed by atoms with Gasteiger partial charge in [-0.1, -0.05) is 19.0 Å². The Balaban J connectivity index is 1.89. The van der Waals surface area contributed by atoms with E-state index in [0.29, 0.717) is 24.7 Å². The molecule has 7 nitrogen and oxygen atoms in total. The normalized spacial score (nSPS) is 18.1. The second-order valence-corrected chi connectivity index (χ2v) is 5.73. The van der Waals surface area contributed by atoms with Crippen LogP contribution in [-0.4, -0.2) is 37.3 Å². The molecule has 0 spiro atoms. The van der Waals surface area contributed by atoms with Gasteiger partial charge in [0.15, 0.2) is 5.82 Å². The van der Waals surface area contributed by atoms with Crippen LogP contribution in [0.1, 0.15) is 60.6 Å². The van der Waals surface area contributed by atoms with Crippen molar-refractivity contribution >= 4 is 5.91 Å². The Hall–Kier alpha value is -2.18. The van der Waals surface area contributed by atoms with Crippen LogP contribution in [0.25, 0.3) is 0 Å². The van der Waals surface area contributed by atoms with Crippen LogP contribution >= 0.6 is 0 Å². The first kappa shape index (κ1) is 13.8. The Bertz CT molecular complexity index is 673. The number of hydrogen-bond donors (Lipinski definition) is 0. The standard InChI is InChI=1S/C14H19N5O2/c1-8(2)12-15-16-13-10(4)18(5-6-19(12)13)14(20)11-7-9(3)17-21-11/h7-8,10H,5-6H2,1-4H3/t10-/m1/s1. The molecular formula is C14H19N5O2. The van der Waals surface area contributed by atoms with Gasteiger partial charge in [-0.2, -0.15) is 0 Å². The third kappa shape index (κ3) is 2.22. The van der Waals surface area contributed by atoms with E-state index in [1.807, 2.05) is 6.92 Å². The fourth-order valence-electron chi connectivity index (χ4n) is 2.72. The summed E-state index contributed by atoms with van der Waals surface area (Å²) < 4.78 is 7.19. The smallest absolute Gasteiger partial charge is 0.293 e. The average molecular weight is 289 g/mol. The maximum atomic E-state index is 12.5. The van der Waals surface area contributed by atoms with Crippen LogP contribution in [0.5, 0.6) is 0 Å². The molecule has 1 amide bonds. The Morgan fingerprint density at radius 3 is 2.76 bits per heavy atom. The highest BCUT2D eigenvalue weighted by Gasteiger charge is 2.33. The van der Waals surface area contributed by atoms with Crippen molar-refractivity contribution in [1.29, 1.82) is 0 Å². The zero-order chi connectivity index (χ0) is 15.1. The first-order valence-corrected chi connectivity index (χ1v) is 7.16. The lowest BCUT2D eigenvalue weighted by Gasteiger charge is -2.33. The van der Waals surface area contributed by atoms with Gasteiger partial charge in [0.2, 0.25) is 5.76 Å². The van der Waals surface area contributed by atoms with E-state index in [-0.39, 0.29) is 17.7 Å². The van der Waals surface area contributed by atoms with E-state index in [0.717, 1.165) is 11.6 Å². The molecule has 0 fully saturated rings. The van der Waals surface area contributed by atoms with E-state index in [4.69, 9.17) is 4.52 Å². The van der Waals surface area contributed by atoms with Gasteiger partial charge in [0.05, 0.1) is 11.7 Å². The highest BCUT2D eigenvalue weighted by Crippen LogP contribution is 2.28. The Morgan fingerprint density at radius 2 is 2.14 bits per heavy atom. The summed E-state index contributed by atoms with van der Waals surface area (Å²) in [5, 5.41) is 12.3. The molecule has 0 aromatic carbocycles. The third-order valence-corrected chi connectivity index (χ3v) is 3.83. The fraction of sp³-hybridized carbons (Fsp3) is 0.571. The first-order valence-electron chi connectivity index (χ1n) is 7.16. The molecule has 1 aliphatic rings. The first-order chi connectivity index (χ1) is 9.99. The largest absolute Gasteiger partial charge is 0.351 e. The number of fused-ring (bicyclic) bond motifs is 1. The number of aromatic nitrogens is 4. The SMILES string of the molecule is Cc1cc(C(=O)N2CCn3c(C(C)C)nnc3[C@H]2C)on1. The quantitative estimate of drug-likeness (QED) is 0.844. The molecule has 2 aromatic rings. The number of carbonyl (C=O) groups excluding carboxylic acids is 1. The maximum Gasteiger partial charge on any atom is 0.293 e. The average Bonchev–Trinajstić information content (AvgIpc) is 3.05. The van der Waals surface area contributed by atoms with Crippen molar-refractivity contribution in [3.8, 4) is 0 Å². The Labute approximate surface area is 122 Å².